The van der Waals surface area contributed by atoms with Crippen LogP contribution in [0.2, 0.25) is 0 Å². The Morgan fingerprint density at radius 1 is 1.32 bits per heavy atom. The summed E-state index contributed by atoms with van der Waals surface area (Å²) in [6.45, 7) is 7.51. The van der Waals surface area contributed by atoms with E-state index >= 15 is 0 Å². The van der Waals surface area contributed by atoms with E-state index in [0.717, 1.165) is 45.6 Å². The number of hydrogen-bond donors (Lipinski definition) is 0. The quantitative estimate of drug-likeness (QED) is 0.733. The van der Waals surface area contributed by atoms with E-state index in [1.807, 2.05) is 16.7 Å². The van der Waals surface area contributed by atoms with Crippen molar-refractivity contribution in [3.05, 3.63) is 0 Å². The van der Waals surface area contributed by atoms with Crippen molar-refractivity contribution in [3.63, 3.8) is 0 Å². The summed E-state index contributed by atoms with van der Waals surface area (Å²) < 4.78 is 6.09. The van der Waals surface area contributed by atoms with Crippen molar-refractivity contribution in [1.82, 2.24) is 9.80 Å². The monoisotopic (exact) mass is 286 g/mol. The number of nitrogens with zero attached hydrogens (tertiary/aromatic N) is 2. The first kappa shape index (κ1) is 15.1. The van der Waals surface area contributed by atoms with Crippen molar-refractivity contribution in [1.29, 1.82) is 0 Å². The summed E-state index contributed by atoms with van der Waals surface area (Å²) >= 11 is 1.92. The maximum Gasteiger partial charge on any atom is 0.219 e. The van der Waals surface area contributed by atoms with Crippen LogP contribution in [-0.2, 0) is 9.53 Å². The molecule has 4 nitrogen and oxygen atoms in total. The molecule has 1 amide bonds. The molecule has 2 saturated heterocycles. The fraction of sp³-hybridized carbons (Fsp3) is 0.929. The lowest BCUT2D eigenvalue weighted by molar-refractivity contribution is -0.148. The molecule has 1 spiro atoms. The van der Waals surface area contributed by atoms with Crippen LogP contribution in [0, 0.1) is 0 Å². The number of morpholine rings is 1. The number of piperidine rings is 1. The van der Waals surface area contributed by atoms with E-state index in [0.29, 0.717) is 0 Å². The van der Waals surface area contributed by atoms with Crippen LogP contribution in [0.25, 0.3) is 0 Å². The molecule has 110 valence electrons. The summed E-state index contributed by atoms with van der Waals surface area (Å²) in [5.41, 5.74) is 0.0174. The zero-order valence-electron chi connectivity index (χ0n) is 12.2. The van der Waals surface area contributed by atoms with E-state index in [1.165, 1.54) is 18.7 Å². The van der Waals surface area contributed by atoms with Gasteiger partial charge in [-0.3, -0.25) is 9.69 Å². The summed E-state index contributed by atoms with van der Waals surface area (Å²) in [7, 11) is 0. The van der Waals surface area contributed by atoms with Gasteiger partial charge in [0.05, 0.1) is 12.2 Å². The van der Waals surface area contributed by atoms with Gasteiger partial charge < -0.3 is 9.64 Å². The van der Waals surface area contributed by atoms with Gasteiger partial charge in [-0.1, -0.05) is 0 Å². The fourth-order valence-corrected chi connectivity index (χ4v) is 3.50. The summed E-state index contributed by atoms with van der Waals surface area (Å²) in [5.74, 6) is 1.44. The van der Waals surface area contributed by atoms with E-state index in [2.05, 4.69) is 11.2 Å². The number of rotatable bonds is 4. The van der Waals surface area contributed by atoms with Crippen LogP contribution in [-0.4, -0.2) is 72.6 Å². The predicted octanol–water partition coefficient (Wildman–Crippen LogP) is 1.45. The van der Waals surface area contributed by atoms with Crippen molar-refractivity contribution >= 4 is 17.7 Å². The van der Waals surface area contributed by atoms with Crippen LogP contribution < -0.4 is 0 Å². The molecule has 0 N–H and O–H groups in total. The van der Waals surface area contributed by atoms with Gasteiger partial charge in [-0.2, -0.15) is 11.8 Å². The highest BCUT2D eigenvalue weighted by molar-refractivity contribution is 7.98. The van der Waals surface area contributed by atoms with Gasteiger partial charge >= 0.3 is 0 Å². The van der Waals surface area contributed by atoms with Crippen molar-refractivity contribution in [2.75, 3.05) is 51.3 Å². The topological polar surface area (TPSA) is 32.8 Å². The number of hydrogen-bond acceptors (Lipinski definition) is 4. The van der Waals surface area contributed by atoms with Crippen LogP contribution >= 0.6 is 11.8 Å². The van der Waals surface area contributed by atoms with E-state index in [9.17, 15) is 4.79 Å². The van der Waals surface area contributed by atoms with Crippen molar-refractivity contribution in [3.8, 4) is 0 Å². The third kappa shape index (κ3) is 4.10. The number of carbonyl (C=O) groups is 1. The molecule has 2 aliphatic heterocycles. The van der Waals surface area contributed by atoms with E-state index in [1.54, 1.807) is 6.92 Å². The first-order valence-corrected chi connectivity index (χ1v) is 8.65. The number of likely N-dealkylation sites (tertiary alicyclic amines) is 1. The number of thioether (sulfide) groups is 1. The summed E-state index contributed by atoms with van der Waals surface area (Å²) in [4.78, 5) is 15.9. The molecule has 19 heavy (non-hydrogen) atoms. The first-order valence-electron chi connectivity index (χ1n) is 7.26. The SMILES string of the molecule is CSCCCN1CCOC2(CCN(C(C)=O)CC2)C1. The van der Waals surface area contributed by atoms with Crippen LogP contribution in [0.3, 0.4) is 0 Å². The Morgan fingerprint density at radius 3 is 2.68 bits per heavy atom. The third-order valence-electron chi connectivity index (χ3n) is 4.27. The Hall–Kier alpha value is -0.260. The molecular formula is C14H26N2O2S. The molecule has 2 rings (SSSR count). The Morgan fingerprint density at radius 2 is 2.05 bits per heavy atom. The van der Waals surface area contributed by atoms with Crippen LogP contribution in [0.5, 0.6) is 0 Å². The standard InChI is InChI=1S/C14H26N2O2S/c1-13(17)16-7-4-14(5-8-16)12-15(9-10-18-14)6-3-11-19-2/h3-12H2,1-2H3. The zero-order chi connectivity index (χ0) is 13.7. The van der Waals surface area contributed by atoms with Gasteiger partial charge in [0, 0.05) is 33.1 Å². The van der Waals surface area contributed by atoms with Gasteiger partial charge in [-0.15, -0.1) is 0 Å². The third-order valence-corrected chi connectivity index (χ3v) is 4.97. The van der Waals surface area contributed by atoms with Gasteiger partial charge in [0.25, 0.3) is 0 Å². The fourth-order valence-electron chi connectivity index (χ4n) is 3.08. The average molecular weight is 286 g/mol. The molecule has 2 fully saturated rings. The van der Waals surface area contributed by atoms with Gasteiger partial charge in [0.2, 0.25) is 5.91 Å². The van der Waals surface area contributed by atoms with Crippen LogP contribution in [0.15, 0.2) is 0 Å². The Kier molecular flexibility index (Phi) is 5.54. The lowest BCUT2D eigenvalue weighted by Crippen LogP contribution is -2.57. The number of amides is 1. The second-order valence-corrected chi connectivity index (χ2v) is 6.65. The van der Waals surface area contributed by atoms with E-state index in [4.69, 9.17) is 4.74 Å². The predicted molar refractivity (Wildman–Crippen MR) is 79.6 cm³/mol. The second-order valence-electron chi connectivity index (χ2n) is 5.66. The molecule has 0 aromatic carbocycles. The minimum atomic E-state index is 0.0174. The Labute approximate surface area is 120 Å². The normalized spacial score (nSPS) is 23.8. The molecule has 0 bridgehead atoms. The minimum absolute atomic E-state index is 0.0174. The first-order chi connectivity index (χ1) is 9.15. The van der Waals surface area contributed by atoms with Gasteiger partial charge in [-0.05, 0) is 37.8 Å². The minimum Gasteiger partial charge on any atom is -0.372 e. The number of ether oxygens (including phenoxy) is 1. The van der Waals surface area contributed by atoms with Crippen LogP contribution in [0.1, 0.15) is 26.2 Å². The summed E-state index contributed by atoms with van der Waals surface area (Å²) in [6, 6.07) is 0. The molecule has 0 saturated carbocycles. The van der Waals surface area contributed by atoms with Gasteiger partial charge in [-0.25, -0.2) is 0 Å². The maximum absolute atomic E-state index is 11.4. The zero-order valence-corrected chi connectivity index (χ0v) is 13.0. The highest BCUT2D eigenvalue weighted by Gasteiger charge is 2.39. The Bertz CT molecular complexity index is 304. The lowest BCUT2D eigenvalue weighted by atomic mass is 9.89. The van der Waals surface area contributed by atoms with E-state index in [-0.39, 0.29) is 11.5 Å². The Balaban J connectivity index is 1.81. The second kappa shape index (κ2) is 6.95. The summed E-state index contributed by atoms with van der Waals surface area (Å²) in [5, 5.41) is 0. The highest BCUT2D eigenvalue weighted by Crippen LogP contribution is 2.30. The molecule has 0 aromatic heterocycles. The smallest absolute Gasteiger partial charge is 0.219 e. The van der Waals surface area contributed by atoms with Crippen LogP contribution in [0.4, 0.5) is 0 Å². The lowest BCUT2D eigenvalue weighted by Gasteiger charge is -2.47. The largest absolute Gasteiger partial charge is 0.372 e. The molecular weight excluding hydrogens is 260 g/mol. The summed E-state index contributed by atoms with van der Waals surface area (Å²) in [6.07, 6.45) is 5.41. The van der Waals surface area contributed by atoms with Gasteiger partial charge in [0.15, 0.2) is 0 Å². The molecule has 0 aliphatic carbocycles. The average Bonchev–Trinajstić information content (AvgIpc) is 2.40. The molecule has 0 unspecified atom stereocenters. The molecule has 0 aromatic rings. The van der Waals surface area contributed by atoms with E-state index < -0.39 is 0 Å². The van der Waals surface area contributed by atoms with Gasteiger partial charge in [0.1, 0.15) is 0 Å². The molecule has 0 radical (unpaired) electrons. The highest BCUT2D eigenvalue weighted by atomic mass is 32.2. The van der Waals surface area contributed by atoms with Crippen molar-refractivity contribution < 1.29 is 9.53 Å². The molecule has 2 heterocycles. The molecule has 0 atom stereocenters. The number of carbonyl (C=O) groups excluding carboxylic acids is 1. The van der Waals surface area contributed by atoms with Crippen molar-refractivity contribution in [2.24, 2.45) is 0 Å². The molecule has 5 heteroatoms. The maximum atomic E-state index is 11.4. The van der Waals surface area contributed by atoms with Crippen molar-refractivity contribution in [2.45, 2.75) is 31.8 Å². The molecule has 2 aliphatic rings.